The van der Waals surface area contributed by atoms with E-state index in [4.69, 9.17) is 5.26 Å². The predicted molar refractivity (Wildman–Crippen MR) is 114 cm³/mol. The number of nitriles is 1. The molecule has 0 bridgehead atoms. The highest BCUT2D eigenvalue weighted by Gasteiger charge is 2.72. The molecular formula is C23H19F6N3O2S. The van der Waals surface area contributed by atoms with Crippen molar-refractivity contribution in [3.63, 3.8) is 0 Å². The summed E-state index contributed by atoms with van der Waals surface area (Å²) in [6.07, 6.45) is -9.65. The van der Waals surface area contributed by atoms with Gasteiger partial charge in [0.25, 0.3) is 5.41 Å². The molecule has 1 fully saturated rings. The van der Waals surface area contributed by atoms with Gasteiger partial charge in [-0.1, -0.05) is 18.2 Å². The second kappa shape index (κ2) is 8.95. The zero-order valence-electron chi connectivity index (χ0n) is 18.0. The summed E-state index contributed by atoms with van der Waals surface area (Å²) >= 11 is 0. The third-order valence-corrected chi connectivity index (χ3v) is 7.69. The molecule has 0 radical (unpaired) electrons. The number of nitrogens with zero attached hydrogens (tertiary/aromatic N) is 1. The lowest BCUT2D eigenvalue weighted by atomic mass is 9.80. The van der Waals surface area contributed by atoms with Crippen LogP contribution in [0.15, 0.2) is 47.4 Å². The maximum absolute atomic E-state index is 13.3. The van der Waals surface area contributed by atoms with Crippen LogP contribution in [-0.2, 0) is 27.6 Å². The van der Waals surface area contributed by atoms with E-state index in [9.17, 15) is 35.3 Å². The van der Waals surface area contributed by atoms with Gasteiger partial charge in [0.05, 0.1) is 16.9 Å². The summed E-state index contributed by atoms with van der Waals surface area (Å²) in [6, 6.07) is 7.56. The number of amides is 1. The Kier molecular flexibility index (Phi) is 6.44. The van der Waals surface area contributed by atoms with E-state index in [1.54, 1.807) is 18.2 Å². The monoisotopic (exact) mass is 515 g/mol. The Morgan fingerprint density at radius 2 is 1.69 bits per heavy atom. The molecule has 2 N–H and O–H groups in total. The highest BCUT2D eigenvalue weighted by Crippen LogP contribution is 2.51. The molecule has 5 nitrogen and oxygen atoms in total. The molecule has 2 atom stereocenters. The second-order valence-corrected chi connectivity index (χ2v) is 10.0. The van der Waals surface area contributed by atoms with Crippen molar-refractivity contribution in [1.82, 2.24) is 5.32 Å². The normalized spacial score (nSPS) is 19.1. The lowest BCUT2D eigenvalue weighted by molar-refractivity contribution is -0.283. The van der Waals surface area contributed by atoms with Crippen LogP contribution in [0.2, 0.25) is 0 Å². The van der Waals surface area contributed by atoms with E-state index in [-0.39, 0.29) is 5.69 Å². The van der Waals surface area contributed by atoms with Crippen LogP contribution in [-0.4, -0.2) is 28.2 Å². The molecule has 1 heterocycles. The molecule has 2 aromatic carbocycles. The third-order valence-electron chi connectivity index (χ3n) is 6.13. The molecule has 0 spiro atoms. The molecule has 1 amide bonds. The first kappa shape index (κ1) is 25.2. The molecule has 2 aliphatic rings. The fraction of sp³-hybridized carbons (Fsp3) is 0.391. The average Bonchev–Trinajstić information content (AvgIpc) is 3.48. The SMILES string of the molecule is N#CC(c1ccc(NC(=O)C2NCc3cc(S(=O)CC4CC4)ccc32)cc1)(C(F)(F)F)C(F)(F)F. The van der Waals surface area contributed by atoms with Crippen molar-refractivity contribution in [3.8, 4) is 6.07 Å². The van der Waals surface area contributed by atoms with Gasteiger partial charge in [-0.2, -0.15) is 31.6 Å². The standard InChI is InChI=1S/C23H19F6N3O2S/c24-22(25,26)21(12-30,23(27,28)29)15-3-5-16(6-4-15)32-20(33)19-18-8-7-17(9-14(18)10-31-19)35(34)11-13-1-2-13/h3-9,13,19,31H,1-2,10-11H2,(H,32,33). The second-order valence-electron chi connectivity index (χ2n) is 8.55. The molecule has 0 saturated heterocycles. The summed E-state index contributed by atoms with van der Waals surface area (Å²) in [4.78, 5) is 13.4. The van der Waals surface area contributed by atoms with Gasteiger partial charge in [-0.15, -0.1) is 0 Å². The Morgan fingerprint density at radius 1 is 1.06 bits per heavy atom. The Bertz CT molecular complexity index is 1190. The van der Waals surface area contributed by atoms with Crippen LogP contribution in [0.3, 0.4) is 0 Å². The van der Waals surface area contributed by atoms with Gasteiger partial charge in [0.1, 0.15) is 6.04 Å². The van der Waals surface area contributed by atoms with Crippen LogP contribution >= 0.6 is 0 Å². The van der Waals surface area contributed by atoms with Crippen molar-refractivity contribution < 1.29 is 35.3 Å². The van der Waals surface area contributed by atoms with Crippen LogP contribution in [0.4, 0.5) is 32.0 Å². The van der Waals surface area contributed by atoms with Gasteiger partial charge < -0.3 is 5.32 Å². The number of alkyl halides is 6. The number of hydrogen-bond acceptors (Lipinski definition) is 4. The molecule has 1 aliphatic heterocycles. The minimum Gasteiger partial charge on any atom is -0.324 e. The summed E-state index contributed by atoms with van der Waals surface area (Å²) < 4.78 is 92.3. The number of anilines is 1. The predicted octanol–water partition coefficient (Wildman–Crippen LogP) is 4.87. The van der Waals surface area contributed by atoms with E-state index in [2.05, 4.69) is 10.6 Å². The van der Waals surface area contributed by atoms with Crippen LogP contribution in [0.5, 0.6) is 0 Å². The Morgan fingerprint density at radius 3 is 2.23 bits per heavy atom. The van der Waals surface area contributed by atoms with Crippen molar-refractivity contribution >= 4 is 22.4 Å². The fourth-order valence-electron chi connectivity index (χ4n) is 4.01. The quantitative estimate of drug-likeness (QED) is 0.538. The van der Waals surface area contributed by atoms with Gasteiger partial charge in [-0.25, -0.2) is 0 Å². The van der Waals surface area contributed by atoms with Crippen molar-refractivity contribution in [2.24, 2.45) is 5.92 Å². The van der Waals surface area contributed by atoms with Crippen molar-refractivity contribution in [1.29, 1.82) is 5.26 Å². The number of fused-ring (bicyclic) bond motifs is 1. The van der Waals surface area contributed by atoms with E-state index in [0.29, 0.717) is 46.9 Å². The zero-order chi connectivity index (χ0) is 25.6. The summed E-state index contributed by atoms with van der Waals surface area (Å²) in [6.45, 7) is 0.336. The zero-order valence-corrected chi connectivity index (χ0v) is 18.8. The van der Waals surface area contributed by atoms with Gasteiger partial charge in [0.2, 0.25) is 5.91 Å². The van der Waals surface area contributed by atoms with Crippen LogP contribution in [0, 0.1) is 17.2 Å². The summed E-state index contributed by atoms with van der Waals surface area (Å²) in [5.74, 6) is 0.515. The largest absolute Gasteiger partial charge is 0.420 e. The molecule has 1 aliphatic carbocycles. The van der Waals surface area contributed by atoms with Crippen molar-refractivity contribution in [2.45, 2.75) is 48.1 Å². The lowest BCUT2D eigenvalue weighted by Crippen LogP contribution is -2.52. The molecule has 12 heteroatoms. The van der Waals surface area contributed by atoms with E-state index in [1.165, 1.54) is 0 Å². The Hall–Kier alpha value is -2.91. The van der Waals surface area contributed by atoms with E-state index >= 15 is 0 Å². The number of carbonyl (C=O) groups excluding carboxylic acids is 1. The van der Waals surface area contributed by atoms with E-state index in [1.807, 2.05) is 0 Å². The molecule has 35 heavy (non-hydrogen) atoms. The highest BCUT2D eigenvalue weighted by molar-refractivity contribution is 7.85. The molecular weight excluding hydrogens is 496 g/mol. The fourth-order valence-corrected chi connectivity index (χ4v) is 5.45. The number of benzene rings is 2. The van der Waals surface area contributed by atoms with Gasteiger partial charge in [-0.3, -0.25) is 14.3 Å². The number of nitrogens with one attached hydrogen (secondary N) is 2. The number of halogens is 6. The summed E-state index contributed by atoms with van der Waals surface area (Å²) in [5, 5.41) is 14.3. The maximum atomic E-state index is 13.3. The van der Waals surface area contributed by atoms with Gasteiger partial charge >= 0.3 is 12.4 Å². The minimum absolute atomic E-state index is 0.0349. The molecule has 1 saturated carbocycles. The van der Waals surface area contributed by atoms with Gasteiger partial charge in [0.15, 0.2) is 0 Å². The number of carbonyl (C=O) groups is 1. The third kappa shape index (κ3) is 4.67. The maximum Gasteiger partial charge on any atom is 0.420 e. The number of hydrogen-bond donors (Lipinski definition) is 2. The minimum atomic E-state index is -5.90. The average molecular weight is 515 g/mol. The summed E-state index contributed by atoms with van der Waals surface area (Å²) in [7, 11) is -1.13. The molecule has 4 rings (SSSR count). The van der Waals surface area contributed by atoms with E-state index < -0.39 is 46.1 Å². The highest BCUT2D eigenvalue weighted by atomic mass is 32.2. The van der Waals surface area contributed by atoms with Gasteiger partial charge in [0, 0.05) is 22.9 Å². The molecule has 186 valence electrons. The van der Waals surface area contributed by atoms with Crippen LogP contribution in [0.25, 0.3) is 0 Å². The van der Waals surface area contributed by atoms with Crippen molar-refractivity contribution in [3.05, 3.63) is 59.2 Å². The Balaban J connectivity index is 1.50. The van der Waals surface area contributed by atoms with Crippen LogP contribution in [0.1, 0.15) is 35.6 Å². The van der Waals surface area contributed by atoms with Crippen LogP contribution < -0.4 is 10.6 Å². The first-order chi connectivity index (χ1) is 16.4. The topological polar surface area (TPSA) is 82.0 Å². The number of rotatable bonds is 6. The molecule has 2 aromatic rings. The molecule has 2 unspecified atom stereocenters. The van der Waals surface area contributed by atoms with Gasteiger partial charge in [-0.05, 0) is 59.7 Å². The first-order valence-corrected chi connectivity index (χ1v) is 11.9. The molecule has 0 aromatic heterocycles. The van der Waals surface area contributed by atoms with Crippen molar-refractivity contribution in [2.75, 3.05) is 11.1 Å². The lowest BCUT2D eigenvalue weighted by Gasteiger charge is -2.31. The smallest absolute Gasteiger partial charge is 0.324 e. The summed E-state index contributed by atoms with van der Waals surface area (Å²) in [5.41, 5.74) is -4.59. The first-order valence-electron chi connectivity index (χ1n) is 10.6. The Labute approximate surface area is 199 Å². The van der Waals surface area contributed by atoms with E-state index in [0.717, 1.165) is 30.5 Å².